The van der Waals surface area contributed by atoms with E-state index in [0.29, 0.717) is 12.0 Å². The maximum absolute atomic E-state index is 11.9. The minimum absolute atomic E-state index is 0. The Hall–Kier alpha value is -0.970. The van der Waals surface area contributed by atoms with Crippen LogP contribution in [0.5, 0.6) is 0 Å². The standard InChI is InChI=1S/C16H20N2OS.ClH/c19-16(8-11-20-14-4-2-1-3-5-14)17-15-12-18-9-6-13(15)7-10-18;/h1-5,8,11,13,15H,6-7,9-10,12H2,(H,17,19);1H/t15-;/m0./s1. The van der Waals surface area contributed by atoms with E-state index in [4.69, 9.17) is 0 Å². The van der Waals surface area contributed by atoms with Gasteiger partial charge in [0.15, 0.2) is 0 Å². The Balaban J connectivity index is 0.00000161. The van der Waals surface area contributed by atoms with E-state index in [-0.39, 0.29) is 18.3 Å². The van der Waals surface area contributed by atoms with Crippen LogP contribution >= 0.6 is 24.2 Å². The molecule has 2 bridgehead atoms. The lowest BCUT2D eigenvalue weighted by Crippen LogP contribution is -2.57. The molecule has 3 fully saturated rings. The molecule has 1 atom stereocenters. The van der Waals surface area contributed by atoms with Crippen molar-refractivity contribution in [1.29, 1.82) is 0 Å². The van der Waals surface area contributed by atoms with Crippen molar-refractivity contribution in [2.45, 2.75) is 23.8 Å². The molecule has 0 aliphatic carbocycles. The number of thioether (sulfide) groups is 1. The number of piperidine rings is 3. The SMILES string of the molecule is Cl.O=C(C=CSc1ccccc1)N[C@H]1CN2CCC1CC2. The van der Waals surface area contributed by atoms with E-state index in [2.05, 4.69) is 10.2 Å². The van der Waals surface area contributed by atoms with Crippen LogP contribution < -0.4 is 5.32 Å². The summed E-state index contributed by atoms with van der Waals surface area (Å²) < 4.78 is 0. The number of nitrogens with one attached hydrogen (secondary N) is 1. The lowest BCUT2D eigenvalue weighted by atomic mass is 9.84. The van der Waals surface area contributed by atoms with E-state index in [9.17, 15) is 4.79 Å². The lowest BCUT2D eigenvalue weighted by Gasteiger charge is -2.44. The van der Waals surface area contributed by atoms with Crippen LogP contribution in [0.4, 0.5) is 0 Å². The summed E-state index contributed by atoms with van der Waals surface area (Å²) >= 11 is 1.57. The van der Waals surface area contributed by atoms with Crippen molar-refractivity contribution in [2.75, 3.05) is 19.6 Å². The Kier molecular flexibility index (Phi) is 6.15. The molecule has 0 aromatic heterocycles. The fourth-order valence-electron chi connectivity index (χ4n) is 3.03. The van der Waals surface area contributed by atoms with Crippen molar-refractivity contribution in [3.05, 3.63) is 41.8 Å². The molecular weight excluding hydrogens is 304 g/mol. The number of carbonyl (C=O) groups is 1. The Morgan fingerprint density at radius 3 is 2.57 bits per heavy atom. The molecule has 0 saturated carbocycles. The molecule has 1 aromatic rings. The molecule has 3 saturated heterocycles. The molecule has 1 N–H and O–H groups in total. The highest BCUT2D eigenvalue weighted by molar-refractivity contribution is 8.02. The molecule has 0 unspecified atom stereocenters. The van der Waals surface area contributed by atoms with Gasteiger partial charge in [-0.05, 0) is 49.4 Å². The van der Waals surface area contributed by atoms with Crippen LogP contribution in [0, 0.1) is 5.92 Å². The van der Waals surface area contributed by atoms with Crippen LogP contribution in [0.2, 0.25) is 0 Å². The number of halogens is 1. The Bertz CT molecular complexity index is 486. The first-order valence-corrected chi connectivity index (χ1v) is 8.10. The van der Waals surface area contributed by atoms with Gasteiger partial charge in [-0.1, -0.05) is 30.0 Å². The monoisotopic (exact) mass is 324 g/mol. The van der Waals surface area contributed by atoms with Crippen LogP contribution in [-0.2, 0) is 4.79 Å². The molecule has 0 radical (unpaired) electrons. The highest BCUT2D eigenvalue weighted by atomic mass is 35.5. The van der Waals surface area contributed by atoms with E-state index >= 15 is 0 Å². The summed E-state index contributed by atoms with van der Waals surface area (Å²) in [6.45, 7) is 3.43. The second-order valence-electron chi connectivity index (χ2n) is 5.49. The number of amides is 1. The number of nitrogens with zero attached hydrogens (tertiary/aromatic N) is 1. The highest BCUT2D eigenvalue weighted by Crippen LogP contribution is 2.27. The largest absolute Gasteiger partial charge is 0.348 e. The van der Waals surface area contributed by atoms with Gasteiger partial charge >= 0.3 is 0 Å². The van der Waals surface area contributed by atoms with Gasteiger partial charge in [-0.3, -0.25) is 4.79 Å². The van der Waals surface area contributed by atoms with Crippen molar-refractivity contribution in [2.24, 2.45) is 5.92 Å². The second-order valence-corrected chi connectivity index (χ2v) is 6.47. The quantitative estimate of drug-likeness (QED) is 0.682. The summed E-state index contributed by atoms with van der Waals surface area (Å²) in [5.41, 5.74) is 0. The van der Waals surface area contributed by atoms with Crippen molar-refractivity contribution < 1.29 is 4.79 Å². The maximum atomic E-state index is 11.9. The van der Waals surface area contributed by atoms with Crippen LogP contribution in [0.3, 0.4) is 0 Å². The fraction of sp³-hybridized carbons (Fsp3) is 0.438. The molecule has 0 spiro atoms. The van der Waals surface area contributed by atoms with E-state index in [1.54, 1.807) is 17.8 Å². The summed E-state index contributed by atoms with van der Waals surface area (Å²) in [4.78, 5) is 15.6. The van der Waals surface area contributed by atoms with Gasteiger partial charge in [0.2, 0.25) is 5.91 Å². The summed E-state index contributed by atoms with van der Waals surface area (Å²) in [5.74, 6) is 0.714. The van der Waals surface area contributed by atoms with Crippen LogP contribution in [0.25, 0.3) is 0 Å². The minimum Gasteiger partial charge on any atom is -0.348 e. The fourth-order valence-corrected chi connectivity index (χ4v) is 3.70. The number of benzene rings is 1. The number of fused-ring (bicyclic) bond motifs is 3. The zero-order valence-electron chi connectivity index (χ0n) is 11.9. The van der Waals surface area contributed by atoms with E-state index < -0.39 is 0 Å². The van der Waals surface area contributed by atoms with Gasteiger partial charge in [0, 0.05) is 23.6 Å². The Morgan fingerprint density at radius 1 is 1.24 bits per heavy atom. The van der Waals surface area contributed by atoms with Gasteiger partial charge < -0.3 is 10.2 Å². The van der Waals surface area contributed by atoms with Gasteiger partial charge in [0.25, 0.3) is 0 Å². The smallest absolute Gasteiger partial charge is 0.244 e. The van der Waals surface area contributed by atoms with Crippen molar-refractivity contribution >= 4 is 30.1 Å². The molecule has 3 aliphatic rings. The van der Waals surface area contributed by atoms with E-state index in [1.165, 1.54) is 25.9 Å². The third kappa shape index (κ3) is 4.50. The number of hydrogen-bond donors (Lipinski definition) is 1. The van der Waals surface area contributed by atoms with Crippen LogP contribution in [-0.4, -0.2) is 36.5 Å². The first-order chi connectivity index (χ1) is 9.81. The zero-order chi connectivity index (χ0) is 13.8. The topological polar surface area (TPSA) is 32.3 Å². The highest BCUT2D eigenvalue weighted by Gasteiger charge is 2.34. The van der Waals surface area contributed by atoms with Crippen molar-refractivity contribution in [3.8, 4) is 0 Å². The Morgan fingerprint density at radius 2 is 1.95 bits per heavy atom. The van der Waals surface area contributed by atoms with Gasteiger partial charge in [-0.15, -0.1) is 12.4 Å². The summed E-state index contributed by atoms with van der Waals surface area (Å²) in [7, 11) is 0. The predicted molar refractivity (Wildman–Crippen MR) is 89.8 cm³/mol. The van der Waals surface area contributed by atoms with E-state index in [0.717, 1.165) is 11.4 Å². The second kappa shape index (κ2) is 7.87. The zero-order valence-corrected chi connectivity index (χ0v) is 13.5. The van der Waals surface area contributed by atoms with Crippen molar-refractivity contribution in [1.82, 2.24) is 10.2 Å². The average molecular weight is 325 g/mol. The molecular formula is C16H21ClN2OS. The summed E-state index contributed by atoms with van der Waals surface area (Å²) in [5, 5.41) is 5.02. The molecule has 1 amide bonds. The molecule has 3 heterocycles. The third-order valence-corrected chi connectivity index (χ3v) is 4.97. The minimum atomic E-state index is 0. The Labute approximate surface area is 136 Å². The van der Waals surface area contributed by atoms with Crippen LogP contribution in [0.15, 0.2) is 46.7 Å². The molecule has 3 nitrogen and oxygen atoms in total. The first kappa shape index (κ1) is 16.4. The molecule has 114 valence electrons. The van der Waals surface area contributed by atoms with Gasteiger partial charge in [-0.25, -0.2) is 0 Å². The first-order valence-electron chi connectivity index (χ1n) is 7.22. The normalized spacial score (nSPS) is 27.3. The lowest BCUT2D eigenvalue weighted by molar-refractivity contribution is -0.118. The summed E-state index contributed by atoms with van der Waals surface area (Å²) in [6, 6.07) is 10.4. The van der Waals surface area contributed by atoms with Crippen LogP contribution in [0.1, 0.15) is 12.8 Å². The number of hydrogen-bond acceptors (Lipinski definition) is 3. The summed E-state index contributed by atoms with van der Waals surface area (Å²) in [6.07, 6.45) is 4.11. The third-order valence-electron chi connectivity index (χ3n) is 4.15. The maximum Gasteiger partial charge on any atom is 0.244 e. The molecule has 21 heavy (non-hydrogen) atoms. The average Bonchev–Trinajstić information content (AvgIpc) is 2.49. The number of carbonyl (C=O) groups excluding carboxylic acids is 1. The molecule has 3 aliphatic heterocycles. The van der Waals surface area contributed by atoms with Gasteiger partial charge in [-0.2, -0.15) is 0 Å². The van der Waals surface area contributed by atoms with Gasteiger partial charge in [0.05, 0.1) is 0 Å². The molecule has 4 rings (SSSR count). The predicted octanol–water partition coefficient (Wildman–Crippen LogP) is 2.92. The van der Waals surface area contributed by atoms with E-state index in [1.807, 2.05) is 35.7 Å². The van der Waals surface area contributed by atoms with Gasteiger partial charge in [0.1, 0.15) is 0 Å². The molecule has 1 aromatic carbocycles. The number of rotatable bonds is 4. The molecule has 5 heteroatoms. The van der Waals surface area contributed by atoms with Crippen molar-refractivity contribution in [3.63, 3.8) is 0 Å².